The molecule has 1 unspecified atom stereocenters. The largest absolute Gasteiger partial charge is 0.348 e. The van der Waals surface area contributed by atoms with Crippen molar-refractivity contribution in [3.8, 4) is 5.69 Å². The molecule has 0 aliphatic heterocycles. The Balaban J connectivity index is 1.51. The second-order valence-corrected chi connectivity index (χ2v) is 8.79. The van der Waals surface area contributed by atoms with E-state index in [9.17, 15) is 4.79 Å². The van der Waals surface area contributed by atoms with Crippen molar-refractivity contribution in [3.63, 3.8) is 0 Å². The minimum Gasteiger partial charge on any atom is -0.348 e. The van der Waals surface area contributed by atoms with Crippen LogP contribution >= 0.6 is 11.8 Å². The van der Waals surface area contributed by atoms with Crippen LogP contribution in [-0.2, 0) is 12.2 Å². The lowest BCUT2D eigenvalue weighted by Crippen LogP contribution is -2.33. The van der Waals surface area contributed by atoms with Crippen LogP contribution in [0.1, 0.15) is 40.7 Å². The van der Waals surface area contributed by atoms with E-state index in [4.69, 9.17) is 0 Å². The van der Waals surface area contributed by atoms with E-state index < -0.39 is 0 Å². The van der Waals surface area contributed by atoms with Crippen molar-refractivity contribution < 1.29 is 4.79 Å². The zero-order valence-corrected chi connectivity index (χ0v) is 19.5. The third kappa shape index (κ3) is 6.04. The van der Waals surface area contributed by atoms with Crippen LogP contribution in [0.5, 0.6) is 0 Å². The number of aryl methyl sites for hydroxylation is 2. The number of rotatable bonds is 9. The summed E-state index contributed by atoms with van der Waals surface area (Å²) in [4.78, 5) is 21.7. The molecular formula is C25H26N6OS. The topological polar surface area (TPSA) is 85.6 Å². The summed E-state index contributed by atoms with van der Waals surface area (Å²) in [7, 11) is 0. The third-order valence-electron chi connectivity index (χ3n) is 5.22. The number of carbonyl (C=O) groups excluding carboxylic acids is 1. The summed E-state index contributed by atoms with van der Waals surface area (Å²) in [6, 6.07) is 20.0. The monoisotopic (exact) mass is 458 g/mol. The van der Waals surface area contributed by atoms with Crippen molar-refractivity contribution in [1.29, 1.82) is 0 Å². The Bertz CT molecular complexity index is 1180. The quantitative estimate of drug-likeness (QED) is 0.295. The van der Waals surface area contributed by atoms with E-state index in [1.165, 1.54) is 17.3 Å². The fourth-order valence-corrected chi connectivity index (χ4v) is 4.18. The lowest BCUT2D eigenvalue weighted by Gasteiger charge is -2.14. The highest BCUT2D eigenvalue weighted by atomic mass is 32.2. The fourth-order valence-electron chi connectivity index (χ4n) is 3.39. The lowest BCUT2D eigenvalue weighted by atomic mass is 10.1. The van der Waals surface area contributed by atoms with E-state index in [2.05, 4.69) is 37.7 Å². The van der Waals surface area contributed by atoms with Crippen LogP contribution < -0.4 is 5.32 Å². The Hall–Kier alpha value is -3.52. The maximum absolute atomic E-state index is 13.1. The zero-order chi connectivity index (χ0) is 23.0. The van der Waals surface area contributed by atoms with Gasteiger partial charge in [-0.25, -0.2) is 14.6 Å². The molecule has 2 aromatic heterocycles. The minimum absolute atomic E-state index is 0.000177. The number of nitrogens with zero attached hydrogens (tertiary/aromatic N) is 5. The van der Waals surface area contributed by atoms with Crippen LogP contribution in [0.2, 0.25) is 0 Å². The predicted molar refractivity (Wildman–Crippen MR) is 129 cm³/mol. The lowest BCUT2D eigenvalue weighted by molar-refractivity contribution is 0.0932. The number of nitrogens with one attached hydrogen (secondary N) is 1. The van der Waals surface area contributed by atoms with E-state index >= 15 is 0 Å². The van der Waals surface area contributed by atoms with Crippen LogP contribution in [0.3, 0.4) is 0 Å². The van der Waals surface area contributed by atoms with Gasteiger partial charge in [-0.05, 0) is 50.5 Å². The first-order valence-electron chi connectivity index (χ1n) is 10.9. The highest BCUT2D eigenvalue weighted by Crippen LogP contribution is 2.23. The fraction of sp³-hybridized carbons (Fsp3) is 0.240. The molecule has 2 aromatic carbocycles. The first kappa shape index (κ1) is 22.7. The van der Waals surface area contributed by atoms with Crippen molar-refractivity contribution in [1.82, 2.24) is 30.3 Å². The molecule has 7 nitrogen and oxygen atoms in total. The number of hydrogen-bond donors (Lipinski definition) is 1. The highest BCUT2D eigenvalue weighted by molar-refractivity contribution is 7.98. The molecule has 1 N–H and O–H groups in total. The van der Waals surface area contributed by atoms with Gasteiger partial charge in [0.15, 0.2) is 10.9 Å². The molecule has 0 fully saturated rings. The molecule has 0 saturated heterocycles. The van der Waals surface area contributed by atoms with E-state index in [1.54, 1.807) is 23.1 Å². The number of aromatic nitrogens is 5. The SMILES string of the molecule is Cc1ccc(-n2nnc(C(=O)NC(C)CCc3ccccc3)c2CSc2ncccn2)cc1. The molecule has 0 aliphatic rings. The van der Waals surface area contributed by atoms with Crippen molar-refractivity contribution in [3.05, 3.63) is 95.6 Å². The number of benzene rings is 2. The maximum atomic E-state index is 13.1. The smallest absolute Gasteiger partial charge is 0.274 e. The van der Waals surface area contributed by atoms with Crippen LogP contribution in [0.4, 0.5) is 0 Å². The normalized spacial score (nSPS) is 11.8. The van der Waals surface area contributed by atoms with Gasteiger partial charge in [-0.2, -0.15) is 0 Å². The maximum Gasteiger partial charge on any atom is 0.274 e. The van der Waals surface area contributed by atoms with Crippen molar-refractivity contribution >= 4 is 17.7 Å². The molecule has 0 saturated carbocycles. The second-order valence-electron chi connectivity index (χ2n) is 7.85. The summed E-state index contributed by atoms with van der Waals surface area (Å²) in [5.41, 5.74) is 4.30. The van der Waals surface area contributed by atoms with Gasteiger partial charge in [0.05, 0.1) is 11.4 Å². The van der Waals surface area contributed by atoms with E-state index in [1.807, 2.05) is 56.3 Å². The highest BCUT2D eigenvalue weighted by Gasteiger charge is 2.22. The van der Waals surface area contributed by atoms with Gasteiger partial charge in [0.25, 0.3) is 5.91 Å². The Kier molecular flexibility index (Phi) is 7.47. The molecule has 0 aliphatic carbocycles. The molecule has 0 radical (unpaired) electrons. The van der Waals surface area contributed by atoms with Gasteiger partial charge in [-0.1, -0.05) is 65.0 Å². The molecule has 1 atom stereocenters. The summed E-state index contributed by atoms with van der Waals surface area (Å²) < 4.78 is 1.72. The molecule has 33 heavy (non-hydrogen) atoms. The molecule has 2 heterocycles. The summed E-state index contributed by atoms with van der Waals surface area (Å²) in [5.74, 6) is 0.241. The molecular weight excluding hydrogens is 432 g/mol. The standard InChI is InChI=1S/C25H26N6OS/c1-18-9-13-21(14-10-18)31-22(17-33-25-26-15-6-16-27-25)23(29-30-31)24(32)28-19(2)11-12-20-7-4-3-5-8-20/h3-10,13-16,19H,11-12,17H2,1-2H3,(H,28,32). The molecule has 4 aromatic rings. The van der Waals surface area contributed by atoms with E-state index in [-0.39, 0.29) is 11.9 Å². The number of hydrogen-bond acceptors (Lipinski definition) is 6. The number of carbonyl (C=O) groups is 1. The Labute approximate surface area is 197 Å². The van der Waals surface area contributed by atoms with Gasteiger partial charge in [0.1, 0.15) is 0 Å². The summed E-state index contributed by atoms with van der Waals surface area (Å²) in [5, 5.41) is 12.3. The van der Waals surface area contributed by atoms with Gasteiger partial charge in [-0.3, -0.25) is 4.79 Å². The van der Waals surface area contributed by atoms with Gasteiger partial charge < -0.3 is 5.32 Å². The zero-order valence-electron chi connectivity index (χ0n) is 18.7. The average Bonchev–Trinajstić information content (AvgIpc) is 3.27. The van der Waals surface area contributed by atoms with E-state index in [0.29, 0.717) is 22.3 Å². The molecule has 0 bridgehead atoms. The van der Waals surface area contributed by atoms with E-state index in [0.717, 1.165) is 24.1 Å². The first-order chi connectivity index (χ1) is 16.1. The van der Waals surface area contributed by atoms with Gasteiger partial charge >= 0.3 is 0 Å². The summed E-state index contributed by atoms with van der Waals surface area (Å²) in [6.45, 7) is 4.04. The number of amides is 1. The average molecular weight is 459 g/mol. The molecule has 4 rings (SSSR count). The van der Waals surface area contributed by atoms with Gasteiger partial charge in [0.2, 0.25) is 0 Å². The second kappa shape index (κ2) is 10.9. The number of thioether (sulfide) groups is 1. The van der Waals surface area contributed by atoms with Gasteiger partial charge in [0, 0.05) is 24.2 Å². The molecule has 1 amide bonds. The Morgan fingerprint density at radius 1 is 1.03 bits per heavy atom. The summed E-state index contributed by atoms with van der Waals surface area (Å²) in [6.07, 6.45) is 5.13. The Morgan fingerprint density at radius 3 is 2.48 bits per heavy atom. The third-order valence-corrected chi connectivity index (χ3v) is 6.11. The predicted octanol–water partition coefficient (Wildman–Crippen LogP) is 4.41. The molecule has 168 valence electrons. The van der Waals surface area contributed by atoms with Crippen LogP contribution in [0.25, 0.3) is 5.69 Å². The van der Waals surface area contributed by atoms with Crippen LogP contribution in [-0.4, -0.2) is 36.9 Å². The molecule has 0 spiro atoms. The summed E-state index contributed by atoms with van der Waals surface area (Å²) >= 11 is 1.45. The molecule has 8 heteroatoms. The van der Waals surface area contributed by atoms with Gasteiger partial charge in [-0.15, -0.1) is 5.10 Å². The first-order valence-corrected chi connectivity index (χ1v) is 11.8. The Morgan fingerprint density at radius 2 is 1.76 bits per heavy atom. The van der Waals surface area contributed by atoms with Crippen LogP contribution in [0.15, 0.2) is 78.2 Å². The van der Waals surface area contributed by atoms with Crippen molar-refractivity contribution in [2.24, 2.45) is 0 Å². The van der Waals surface area contributed by atoms with Crippen LogP contribution in [0, 0.1) is 6.92 Å². The minimum atomic E-state index is -0.224. The van der Waals surface area contributed by atoms with Crippen molar-refractivity contribution in [2.45, 2.75) is 43.6 Å². The van der Waals surface area contributed by atoms with Crippen molar-refractivity contribution in [2.75, 3.05) is 0 Å².